The van der Waals surface area contributed by atoms with Gasteiger partial charge in [-0.05, 0) is 42.0 Å². The van der Waals surface area contributed by atoms with Crippen molar-refractivity contribution in [3.05, 3.63) is 164 Å². The SMILES string of the molecule is c1ccc(-c2nc(-c3cccc(-c4cccnc4)c3)cc(-c3ccc(-c4cccc5c4sc4ccccc45)c4oc5ccccc5c34)n2)cc1. The summed E-state index contributed by atoms with van der Waals surface area (Å²) in [5.74, 6) is 0.671. The Kier molecular flexibility index (Phi) is 6.64. The maximum atomic E-state index is 6.77. The summed E-state index contributed by atoms with van der Waals surface area (Å²) in [6.45, 7) is 0. The summed E-state index contributed by atoms with van der Waals surface area (Å²) in [7, 11) is 0. The fraction of sp³-hybridized carbons (Fsp3) is 0. The monoisotopic (exact) mass is 657 g/mol. The molecule has 234 valence electrons. The van der Waals surface area contributed by atoms with Crippen molar-refractivity contribution in [3.63, 3.8) is 0 Å². The van der Waals surface area contributed by atoms with E-state index in [1.165, 1.54) is 25.7 Å². The Bertz CT molecular complexity index is 2870. The number of hydrogen-bond acceptors (Lipinski definition) is 5. The van der Waals surface area contributed by atoms with E-state index >= 15 is 0 Å². The fourth-order valence-corrected chi connectivity index (χ4v) is 8.28. The van der Waals surface area contributed by atoms with Gasteiger partial charge in [0.1, 0.15) is 11.2 Å². The van der Waals surface area contributed by atoms with Gasteiger partial charge in [0.05, 0.1) is 11.4 Å². The van der Waals surface area contributed by atoms with Crippen LogP contribution < -0.4 is 0 Å². The van der Waals surface area contributed by atoms with E-state index in [9.17, 15) is 0 Å². The van der Waals surface area contributed by atoms with Crippen LogP contribution in [-0.2, 0) is 0 Å². The van der Waals surface area contributed by atoms with Crippen LogP contribution in [0.1, 0.15) is 0 Å². The smallest absolute Gasteiger partial charge is 0.160 e. The van der Waals surface area contributed by atoms with E-state index < -0.39 is 0 Å². The van der Waals surface area contributed by atoms with Gasteiger partial charge in [-0.3, -0.25) is 4.98 Å². The molecule has 10 rings (SSSR count). The highest BCUT2D eigenvalue weighted by Gasteiger charge is 2.21. The van der Waals surface area contributed by atoms with Gasteiger partial charge < -0.3 is 4.42 Å². The van der Waals surface area contributed by atoms with Gasteiger partial charge >= 0.3 is 0 Å². The molecule has 0 radical (unpaired) electrons. The van der Waals surface area contributed by atoms with Crippen molar-refractivity contribution in [3.8, 4) is 56.2 Å². The molecule has 0 bridgehead atoms. The maximum absolute atomic E-state index is 6.77. The van der Waals surface area contributed by atoms with E-state index in [-0.39, 0.29) is 0 Å². The lowest BCUT2D eigenvalue weighted by Crippen LogP contribution is -1.96. The lowest BCUT2D eigenvalue weighted by Gasteiger charge is -2.12. The number of benzene rings is 6. The number of fused-ring (bicyclic) bond motifs is 6. The Balaban J connectivity index is 1.23. The molecule has 0 spiro atoms. The van der Waals surface area contributed by atoms with Gasteiger partial charge in [-0.25, -0.2) is 9.97 Å². The van der Waals surface area contributed by atoms with Crippen LogP contribution in [0.2, 0.25) is 0 Å². The molecule has 10 aromatic rings. The molecule has 4 nitrogen and oxygen atoms in total. The first kappa shape index (κ1) is 28.6. The molecule has 0 saturated carbocycles. The summed E-state index contributed by atoms with van der Waals surface area (Å²) >= 11 is 1.83. The Morgan fingerprint density at radius 2 is 1.20 bits per heavy atom. The number of furan rings is 1. The third kappa shape index (κ3) is 4.71. The molecule has 0 amide bonds. The summed E-state index contributed by atoms with van der Waals surface area (Å²) in [6.07, 6.45) is 3.69. The number of aromatic nitrogens is 3. The maximum Gasteiger partial charge on any atom is 0.160 e. The highest BCUT2D eigenvalue weighted by molar-refractivity contribution is 7.26. The first-order valence-corrected chi connectivity index (χ1v) is 17.4. The number of rotatable bonds is 5. The van der Waals surface area contributed by atoms with Gasteiger partial charge in [0.15, 0.2) is 5.82 Å². The van der Waals surface area contributed by atoms with E-state index in [0.29, 0.717) is 5.82 Å². The van der Waals surface area contributed by atoms with Gasteiger partial charge in [0.2, 0.25) is 0 Å². The number of thiophene rings is 1. The summed E-state index contributed by atoms with van der Waals surface area (Å²) in [5, 5.41) is 4.64. The minimum Gasteiger partial charge on any atom is -0.455 e. The van der Waals surface area contributed by atoms with Gasteiger partial charge in [-0.15, -0.1) is 11.3 Å². The fourth-order valence-electron chi connectivity index (χ4n) is 7.05. The molecule has 5 heteroatoms. The van der Waals surface area contributed by atoms with E-state index in [1.807, 2.05) is 53.9 Å². The Labute approximate surface area is 292 Å². The highest BCUT2D eigenvalue weighted by Crippen LogP contribution is 2.46. The summed E-state index contributed by atoms with van der Waals surface area (Å²) in [4.78, 5) is 14.7. The second-order valence-electron chi connectivity index (χ2n) is 12.4. The molecule has 0 unspecified atom stereocenters. The van der Waals surface area contributed by atoms with E-state index in [4.69, 9.17) is 14.4 Å². The van der Waals surface area contributed by atoms with Gasteiger partial charge in [-0.2, -0.15) is 0 Å². The van der Waals surface area contributed by atoms with Crippen molar-refractivity contribution in [1.29, 1.82) is 0 Å². The molecule has 0 aliphatic carbocycles. The first-order chi connectivity index (χ1) is 24.8. The molecule has 0 atom stereocenters. The van der Waals surface area contributed by atoms with E-state index in [1.54, 1.807) is 6.20 Å². The highest BCUT2D eigenvalue weighted by atomic mass is 32.1. The Hall–Kier alpha value is -6.43. The number of hydrogen-bond donors (Lipinski definition) is 0. The number of nitrogens with zero attached hydrogens (tertiary/aromatic N) is 3. The van der Waals surface area contributed by atoms with Crippen LogP contribution in [0.3, 0.4) is 0 Å². The third-order valence-electron chi connectivity index (χ3n) is 9.41. The predicted molar refractivity (Wildman–Crippen MR) is 207 cm³/mol. The summed E-state index contributed by atoms with van der Waals surface area (Å²) in [6, 6.07) is 52.7. The Morgan fingerprint density at radius 3 is 2.10 bits per heavy atom. The zero-order valence-corrected chi connectivity index (χ0v) is 27.6. The van der Waals surface area contributed by atoms with E-state index in [2.05, 4.69) is 120 Å². The molecular weight excluding hydrogens is 631 g/mol. The lowest BCUT2D eigenvalue weighted by molar-refractivity contribution is 0.670. The molecular formula is C45H27N3OS. The topological polar surface area (TPSA) is 51.8 Å². The third-order valence-corrected chi connectivity index (χ3v) is 10.6. The summed E-state index contributed by atoms with van der Waals surface area (Å²) in [5.41, 5.74) is 10.7. The molecule has 0 fully saturated rings. The molecule has 0 N–H and O–H groups in total. The standard InChI is InChI=1S/C45H27N3OS/c1-2-11-28(12-3-1)45-47-38(30-14-8-13-29(25-30)31-15-10-24-46-27-31)26-39(48-45)36-23-22-33(43-42(36)37-17-4-6-20-40(37)49-43)35-19-9-18-34-32-16-5-7-21-41(32)50-44(34)35/h1-27H. The van der Waals surface area contributed by atoms with Crippen LogP contribution in [0.4, 0.5) is 0 Å². The predicted octanol–water partition coefficient (Wildman–Crippen LogP) is 12.5. The minimum atomic E-state index is 0.671. The van der Waals surface area contributed by atoms with Gasteiger partial charge in [0.25, 0.3) is 0 Å². The average molecular weight is 658 g/mol. The van der Waals surface area contributed by atoms with Crippen LogP contribution >= 0.6 is 11.3 Å². The molecule has 6 aromatic carbocycles. The molecule has 4 aromatic heterocycles. The minimum absolute atomic E-state index is 0.671. The van der Waals surface area contributed by atoms with Crippen molar-refractivity contribution in [2.24, 2.45) is 0 Å². The zero-order valence-electron chi connectivity index (χ0n) is 26.7. The van der Waals surface area contributed by atoms with Crippen molar-refractivity contribution in [2.45, 2.75) is 0 Å². The second-order valence-corrected chi connectivity index (χ2v) is 13.4. The first-order valence-electron chi connectivity index (χ1n) is 16.6. The van der Waals surface area contributed by atoms with Crippen LogP contribution in [0, 0.1) is 0 Å². The summed E-state index contributed by atoms with van der Waals surface area (Å²) < 4.78 is 9.31. The van der Waals surface area contributed by atoms with Crippen molar-refractivity contribution < 1.29 is 4.42 Å². The van der Waals surface area contributed by atoms with Crippen LogP contribution in [0.5, 0.6) is 0 Å². The van der Waals surface area contributed by atoms with Crippen molar-refractivity contribution >= 4 is 53.4 Å². The quantitative estimate of drug-likeness (QED) is 0.185. The molecule has 0 aliphatic heterocycles. The van der Waals surface area contributed by atoms with E-state index in [0.717, 1.165) is 66.7 Å². The van der Waals surface area contributed by atoms with Crippen molar-refractivity contribution in [1.82, 2.24) is 15.0 Å². The van der Waals surface area contributed by atoms with Crippen LogP contribution in [0.15, 0.2) is 168 Å². The molecule has 0 aliphatic rings. The lowest BCUT2D eigenvalue weighted by atomic mass is 9.95. The molecule has 0 saturated heterocycles. The van der Waals surface area contributed by atoms with Gasteiger partial charge in [-0.1, -0.05) is 115 Å². The van der Waals surface area contributed by atoms with Gasteiger partial charge in [0, 0.05) is 76.7 Å². The number of pyridine rings is 1. The van der Waals surface area contributed by atoms with Crippen molar-refractivity contribution in [2.75, 3.05) is 0 Å². The normalized spacial score (nSPS) is 11.6. The molecule has 50 heavy (non-hydrogen) atoms. The van der Waals surface area contributed by atoms with Crippen LogP contribution in [-0.4, -0.2) is 15.0 Å². The largest absolute Gasteiger partial charge is 0.455 e. The second kappa shape index (κ2) is 11.6. The zero-order chi connectivity index (χ0) is 33.0. The molecule has 4 heterocycles. The number of para-hydroxylation sites is 1. The van der Waals surface area contributed by atoms with Crippen LogP contribution in [0.25, 0.3) is 98.3 Å². The Morgan fingerprint density at radius 1 is 0.480 bits per heavy atom. The average Bonchev–Trinajstić information content (AvgIpc) is 3.78.